The summed E-state index contributed by atoms with van der Waals surface area (Å²) in [6.45, 7) is -0.00944. The molecule has 6 nitrogen and oxygen atoms in total. The van der Waals surface area contributed by atoms with Crippen LogP contribution in [0.5, 0.6) is 0 Å². The number of hydrogen-bond donors (Lipinski definition) is 1. The maximum absolute atomic E-state index is 13.6. The van der Waals surface area contributed by atoms with E-state index in [1.165, 1.54) is 0 Å². The van der Waals surface area contributed by atoms with Crippen LogP contribution in [0.3, 0.4) is 0 Å². The molecule has 0 saturated carbocycles. The van der Waals surface area contributed by atoms with Crippen LogP contribution in [0.2, 0.25) is 0 Å². The molecule has 1 aliphatic heterocycles. The summed E-state index contributed by atoms with van der Waals surface area (Å²) in [5, 5.41) is 10.4. The summed E-state index contributed by atoms with van der Waals surface area (Å²) in [6, 6.07) is 0.664. The quantitative estimate of drug-likeness (QED) is 0.630. The molecule has 1 saturated heterocycles. The number of nitro groups is 1. The van der Waals surface area contributed by atoms with Crippen LogP contribution in [0.1, 0.15) is 6.42 Å². The molecular weight excluding hydrogens is 248 g/mol. The van der Waals surface area contributed by atoms with Gasteiger partial charge in [0.05, 0.1) is 17.1 Å². The van der Waals surface area contributed by atoms with Crippen molar-refractivity contribution >= 4 is 17.3 Å². The largest absolute Gasteiger partial charge is 0.326 e. The summed E-state index contributed by atoms with van der Waals surface area (Å²) in [7, 11) is 0. The van der Waals surface area contributed by atoms with Crippen molar-refractivity contribution in [3.63, 3.8) is 0 Å². The van der Waals surface area contributed by atoms with E-state index in [1.807, 2.05) is 0 Å². The Morgan fingerprint density at radius 3 is 2.33 bits per heavy atom. The Labute approximate surface area is 100 Å². The van der Waals surface area contributed by atoms with Crippen molar-refractivity contribution in [1.82, 2.24) is 0 Å². The molecule has 2 N–H and O–H groups in total. The Hall–Kier alpha value is -2.09. The smallest absolute Gasteiger partial charge is 0.275 e. The topological polar surface area (TPSA) is 89.5 Å². The van der Waals surface area contributed by atoms with Gasteiger partial charge in [0.1, 0.15) is 5.69 Å². The van der Waals surface area contributed by atoms with Gasteiger partial charge in [-0.1, -0.05) is 0 Å². The van der Waals surface area contributed by atoms with Crippen LogP contribution >= 0.6 is 0 Å². The highest BCUT2D eigenvalue weighted by Gasteiger charge is 2.33. The monoisotopic (exact) mass is 257 g/mol. The van der Waals surface area contributed by atoms with E-state index in [0.29, 0.717) is 12.1 Å². The van der Waals surface area contributed by atoms with Gasteiger partial charge in [-0.15, -0.1) is 0 Å². The van der Waals surface area contributed by atoms with E-state index in [1.54, 1.807) is 0 Å². The molecule has 1 amide bonds. The fraction of sp³-hybridized carbons (Fsp3) is 0.300. The molecule has 1 heterocycles. The lowest BCUT2D eigenvalue weighted by Gasteiger charge is -2.17. The maximum Gasteiger partial charge on any atom is 0.275 e. The van der Waals surface area contributed by atoms with Gasteiger partial charge in [0.25, 0.3) is 5.69 Å². The molecule has 1 atom stereocenters. The molecule has 0 aliphatic carbocycles. The molecule has 8 heteroatoms. The predicted molar refractivity (Wildman–Crippen MR) is 58.0 cm³/mol. The first-order valence-corrected chi connectivity index (χ1v) is 5.09. The second-order valence-corrected chi connectivity index (χ2v) is 3.98. The third kappa shape index (κ3) is 2.02. The van der Waals surface area contributed by atoms with E-state index in [4.69, 9.17) is 5.73 Å². The molecule has 1 aromatic carbocycles. The van der Waals surface area contributed by atoms with Gasteiger partial charge in [-0.2, -0.15) is 0 Å². The lowest BCUT2D eigenvalue weighted by atomic mass is 10.2. The average Bonchev–Trinajstić information content (AvgIpc) is 2.56. The van der Waals surface area contributed by atoms with Gasteiger partial charge in [-0.3, -0.25) is 14.9 Å². The average molecular weight is 257 g/mol. The minimum absolute atomic E-state index is 0.00410. The van der Waals surface area contributed by atoms with Gasteiger partial charge < -0.3 is 10.6 Å². The zero-order valence-corrected chi connectivity index (χ0v) is 9.10. The summed E-state index contributed by atoms with van der Waals surface area (Å²) in [5.74, 6) is -2.80. The van der Waals surface area contributed by atoms with E-state index in [9.17, 15) is 23.7 Å². The Morgan fingerprint density at radius 1 is 1.39 bits per heavy atom. The van der Waals surface area contributed by atoms with Gasteiger partial charge >= 0.3 is 0 Å². The fourth-order valence-electron chi connectivity index (χ4n) is 1.87. The summed E-state index contributed by atoms with van der Waals surface area (Å²) >= 11 is 0. The number of rotatable bonds is 2. The molecule has 0 radical (unpaired) electrons. The van der Waals surface area contributed by atoms with Gasteiger partial charge in [0.2, 0.25) is 5.91 Å². The van der Waals surface area contributed by atoms with Crippen LogP contribution in [-0.2, 0) is 4.79 Å². The first-order chi connectivity index (χ1) is 8.40. The highest BCUT2D eigenvalue weighted by molar-refractivity contribution is 5.96. The number of carbonyl (C=O) groups is 1. The number of anilines is 1. The normalized spacial score (nSPS) is 19.4. The number of amides is 1. The van der Waals surface area contributed by atoms with Gasteiger partial charge in [0, 0.05) is 19.0 Å². The van der Waals surface area contributed by atoms with Crippen molar-refractivity contribution in [2.24, 2.45) is 5.73 Å². The van der Waals surface area contributed by atoms with Crippen LogP contribution in [0.15, 0.2) is 12.1 Å². The fourth-order valence-corrected chi connectivity index (χ4v) is 1.87. The standard InChI is InChI=1S/C10H9F2N3O3/c11-7-2-6(15(17)18)3-8(12)10(7)14-4-5(13)1-9(14)16/h2-3,5H,1,4,13H2. The third-order valence-electron chi connectivity index (χ3n) is 2.64. The van der Waals surface area contributed by atoms with Crippen LogP contribution in [0.4, 0.5) is 20.2 Å². The number of nitro benzene ring substituents is 1. The number of hydrogen-bond acceptors (Lipinski definition) is 4. The molecule has 2 rings (SSSR count). The van der Waals surface area contributed by atoms with Crippen molar-refractivity contribution in [3.8, 4) is 0 Å². The van der Waals surface area contributed by atoms with E-state index in [-0.39, 0.29) is 13.0 Å². The number of nitrogens with zero attached hydrogens (tertiary/aromatic N) is 2. The highest BCUT2D eigenvalue weighted by atomic mass is 19.1. The zero-order chi connectivity index (χ0) is 13.4. The Morgan fingerprint density at radius 2 is 1.94 bits per heavy atom. The molecule has 1 fully saturated rings. The summed E-state index contributed by atoms with van der Waals surface area (Å²) in [4.78, 5) is 21.9. The predicted octanol–water partition coefficient (Wildman–Crippen LogP) is 0.937. The lowest BCUT2D eigenvalue weighted by Crippen LogP contribution is -2.29. The number of nitrogens with two attached hydrogens (primary N) is 1. The van der Waals surface area contributed by atoms with Gasteiger partial charge in [0.15, 0.2) is 11.6 Å². The second-order valence-electron chi connectivity index (χ2n) is 3.98. The SMILES string of the molecule is NC1CC(=O)N(c2c(F)cc([N+](=O)[O-])cc2F)C1. The third-order valence-corrected chi connectivity index (χ3v) is 2.64. The first-order valence-electron chi connectivity index (χ1n) is 5.09. The molecule has 0 aromatic heterocycles. The molecule has 1 unspecified atom stereocenters. The van der Waals surface area contributed by atoms with E-state index >= 15 is 0 Å². The number of benzene rings is 1. The maximum atomic E-state index is 13.6. The molecule has 1 aliphatic rings. The Kier molecular flexibility index (Phi) is 2.95. The van der Waals surface area contributed by atoms with E-state index < -0.39 is 39.9 Å². The molecule has 96 valence electrons. The molecule has 0 spiro atoms. The van der Waals surface area contributed by atoms with Gasteiger partial charge in [-0.25, -0.2) is 8.78 Å². The van der Waals surface area contributed by atoms with Crippen LogP contribution in [0, 0.1) is 21.7 Å². The summed E-state index contributed by atoms with van der Waals surface area (Å²) in [5.41, 5.74) is 4.23. The van der Waals surface area contributed by atoms with E-state index in [2.05, 4.69) is 0 Å². The van der Waals surface area contributed by atoms with E-state index in [0.717, 1.165) is 4.90 Å². The van der Waals surface area contributed by atoms with Crippen molar-refractivity contribution < 1.29 is 18.5 Å². The second kappa shape index (κ2) is 4.30. The molecule has 1 aromatic rings. The minimum atomic E-state index is -1.15. The Bertz CT molecular complexity index is 512. The van der Waals surface area contributed by atoms with Gasteiger partial charge in [-0.05, 0) is 0 Å². The van der Waals surface area contributed by atoms with Crippen LogP contribution in [0.25, 0.3) is 0 Å². The molecule has 0 bridgehead atoms. The number of non-ortho nitro benzene ring substituents is 1. The number of halogens is 2. The number of carbonyl (C=O) groups excluding carboxylic acids is 1. The zero-order valence-electron chi connectivity index (χ0n) is 9.10. The van der Waals surface area contributed by atoms with Crippen molar-refractivity contribution in [2.75, 3.05) is 11.4 Å². The molecule has 18 heavy (non-hydrogen) atoms. The molecular formula is C10H9F2N3O3. The van der Waals surface area contributed by atoms with Crippen molar-refractivity contribution in [2.45, 2.75) is 12.5 Å². The lowest BCUT2D eigenvalue weighted by molar-refractivity contribution is -0.385. The minimum Gasteiger partial charge on any atom is -0.326 e. The summed E-state index contributed by atoms with van der Waals surface area (Å²) < 4.78 is 27.3. The highest BCUT2D eigenvalue weighted by Crippen LogP contribution is 2.30. The van der Waals surface area contributed by atoms with Crippen LogP contribution < -0.4 is 10.6 Å². The summed E-state index contributed by atoms with van der Waals surface area (Å²) in [6.07, 6.45) is -0.00410. The van der Waals surface area contributed by atoms with Crippen molar-refractivity contribution in [3.05, 3.63) is 33.9 Å². The first kappa shape index (κ1) is 12.4. The van der Waals surface area contributed by atoms with Crippen LogP contribution in [-0.4, -0.2) is 23.4 Å². The Balaban J connectivity index is 2.46. The van der Waals surface area contributed by atoms with Crippen molar-refractivity contribution in [1.29, 1.82) is 0 Å².